The van der Waals surface area contributed by atoms with E-state index in [0.29, 0.717) is 10.2 Å². The van der Waals surface area contributed by atoms with Crippen molar-refractivity contribution in [1.82, 2.24) is 39.9 Å². The molecule has 14 heteroatoms. The molecule has 1 aliphatic heterocycles. The average molecular weight is 542 g/mol. The van der Waals surface area contributed by atoms with Crippen LogP contribution >= 0.6 is 0 Å². The average Bonchev–Trinajstić information content (AvgIpc) is 3.57. The summed E-state index contributed by atoms with van der Waals surface area (Å²) in [5.74, 6) is -7.38. The summed E-state index contributed by atoms with van der Waals surface area (Å²) in [6.45, 7) is -7.89. The molecule has 4 heterocycles. The molecular formula is C24H28F4N8O2. The fourth-order valence-electron chi connectivity index (χ4n) is 4.85. The number of nitrogens with one attached hydrogen (secondary N) is 2. The summed E-state index contributed by atoms with van der Waals surface area (Å²) in [6, 6.07) is 1.05. The molecular weight excluding hydrogens is 508 g/mol. The summed E-state index contributed by atoms with van der Waals surface area (Å²) in [6.07, 6.45) is 3.10. The van der Waals surface area contributed by atoms with Crippen LogP contribution in [0.1, 0.15) is 67.2 Å². The van der Waals surface area contributed by atoms with E-state index in [0.717, 1.165) is 17.2 Å². The highest BCUT2D eigenvalue weighted by atomic mass is 19.3. The van der Waals surface area contributed by atoms with E-state index in [1.54, 1.807) is 0 Å². The number of nitrogens with zero attached hydrogens (tertiary/aromatic N) is 6. The van der Waals surface area contributed by atoms with Crippen LogP contribution in [0.15, 0.2) is 30.7 Å². The van der Waals surface area contributed by atoms with Crippen molar-refractivity contribution >= 4 is 17.6 Å². The highest BCUT2D eigenvalue weighted by molar-refractivity contribution is 5.92. The van der Waals surface area contributed by atoms with Crippen LogP contribution in [0.4, 0.5) is 22.4 Å². The molecule has 2 N–H and O–H groups in total. The molecule has 0 bridgehead atoms. The van der Waals surface area contributed by atoms with E-state index in [1.165, 1.54) is 23.0 Å². The molecule has 0 radical (unpaired) electrons. The van der Waals surface area contributed by atoms with Crippen LogP contribution in [0.3, 0.4) is 0 Å². The van der Waals surface area contributed by atoms with Crippen LogP contribution in [0.5, 0.6) is 0 Å². The van der Waals surface area contributed by atoms with Gasteiger partial charge in [0.15, 0.2) is 5.65 Å². The predicted molar refractivity (Wildman–Crippen MR) is 127 cm³/mol. The van der Waals surface area contributed by atoms with Gasteiger partial charge in [-0.3, -0.25) is 9.48 Å². The zero-order valence-corrected chi connectivity index (χ0v) is 20.0. The minimum Gasteiger partial charge on any atom is -0.342 e. The van der Waals surface area contributed by atoms with E-state index < -0.39 is 80.7 Å². The Kier molecular flexibility index (Phi) is 5.27. The van der Waals surface area contributed by atoms with Gasteiger partial charge in [-0.1, -0.05) is 0 Å². The molecule has 3 amide bonds. The van der Waals surface area contributed by atoms with Crippen molar-refractivity contribution in [1.29, 1.82) is 0 Å². The number of imidazole rings is 1. The summed E-state index contributed by atoms with van der Waals surface area (Å²) >= 11 is 0. The van der Waals surface area contributed by atoms with Crippen LogP contribution in [0, 0.1) is 5.92 Å². The minimum absolute atomic E-state index is 0.0259. The van der Waals surface area contributed by atoms with Crippen LogP contribution < -0.4 is 10.6 Å². The summed E-state index contributed by atoms with van der Waals surface area (Å²) < 4.78 is 96.1. The zero-order chi connectivity index (χ0) is 31.4. The monoisotopic (exact) mass is 541 g/mol. The van der Waals surface area contributed by atoms with E-state index in [1.807, 2.05) is 0 Å². The lowest BCUT2D eigenvalue weighted by molar-refractivity contribution is -0.0495. The van der Waals surface area contributed by atoms with E-state index in [-0.39, 0.29) is 30.7 Å². The number of hydrogen-bond acceptors (Lipinski definition) is 5. The number of carbonyl (C=O) groups is 2. The van der Waals surface area contributed by atoms with Gasteiger partial charge in [0, 0.05) is 36.2 Å². The smallest absolute Gasteiger partial charge is 0.318 e. The van der Waals surface area contributed by atoms with Gasteiger partial charge in [-0.05, 0) is 43.3 Å². The molecule has 1 aliphatic carbocycles. The largest absolute Gasteiger partial charge is 0.342 e. The molecule has 38 heavy (non-hydrogen) atoms. The number of carbonyl (C=O) groups excluding carboxylic acids is 2. The van der Waals surface area contributed by atoms with Crippen LogP contribution in [-0.4, -0.2) is 66.2 Å². The molecule has 0 aromatic carbocycles. The van der Waals surface area contributed by atoms with Crippen molar-refractivity contribution in [2.24, 2.45) is 5.92 Å². The third-order valence-electron chi connectivity index (χ3n) is 6.80. The maximum absolute atomic E-state index is 14.0. The normalized spacial score (nSPS) is 23.0. The molecule has 3 aromatic rings. The number of rotatable bonds is 7. The molecule has 2 fully saturated rings. The maximum Gasteiger partial charge on any atom is 0.318 e. The highest BCUT2D eigenvalue weighted by Crippen LogP contribution is 2.41. The Bertz CT molecular complexity index is 1520. The van der Waals surface area contributed by atoms with Crippen molar-refractivity contribution in [3.05, 3.63) is 47.7 Å². The number of hydrogen-bond donors (Lipinski definition) is 2. The Morgan fingerprint density at radius 2 is 2.08 bits per heavy atom. The summed E-state index contributed by atoms with van der Waals surface area (Å²) in [7, 11) is 0. The minimum atomic E-state index is -3.15. The second kappa shape index (κ2) is 9.87. The topological polar surface area (TPSA) is 109 Å². The van der Waals surface area contributed by atoms with Gasteiger partial charge in [-0.25, -0.2) is 31.9 Å². The standard InChI is InChI=1S/C24H28F4N8O2/c1-2-35-18(5-8-30-35)21(37)33-20(16-3-6-23(25,26)7-4-16)17-12-36-19(32-17)9-15(10-31-36)11-34-14-24(27,28)13-29-22(34)38/h5,8-10,12,16,20H,2-4,6-7,11,13-14H2,1H3,(H,29,38)(H,33,37)/t20-/m0/s1/i1D3,2D2. The number of fused-ring (bicyclic) bond motifs is 1. The van der Waals surface area contributed by atoms with Crippen molar-refractivity contribution in [2.75, 3.05) is 13.1 Å². The SMILES string of the molecule is [2H]C([2H])([2H])C([2H])([2H])n1nccc1C(=O)N[C@H](c1cn2ncc(CN3CC(F)(F)CNC3=O)cc2n1)C1CCC(F)(F)CC1. The molecule has 10 nitrogen and oxygen atoms in total. The van der Waals surface area contributed by atoms with Crippen LogP contribution in [0.2, 0.25) is 0 Å². The van der Waals surface area contributed by atoms with Gasteiger partial charge in [0.1, 0.15) is 5.69 Å². The lowest BCUT2D eigenvalue weighted by atomic mass is 9.81. The van der Waals surface area contributed by atoms with E-state index in [9.17, 15) is 27.2 Å². The number of halogens is 4. The molecule has 0 unspecified atom stereocenters. The van der Waals surface area contributed by atoms with Gasteiger partial charge in [-0.2, -0.15) is 10.2 Å². The second-order valence-corrected chi connectivity index (χ2v) is 9.59. The Morgan fingerprint density at radius 3 is 2.84 bits per heavy atom. The molecule has 1 saturated heterocycles. The molecule has 3 aromatic heterocycles. The van der Waals surface area contributed by atoms with Gasteiger partial charge in [0.25, 0.3) is 11.8 Å². The summed E-state index contributed by atoms with van der Waals surface area (Å²) in [5, 5.41) is 12.8. The molecule has 5 rings (SSSR count). The maximum atomic E-state index is 14.0. The Labute approximate surface area is 222 Å². The molecule has 204 valence electrons. The van der Waals surface area contributed by atoms with Crippen molar-refractivity contribution in [2.45, 2.75) is 63.5 Å². The highest BCUT2D eigenvalue weighted by Gasteiger charge is 2.40. The van der Waals surface area contributed by atoms with Crippen LogP contribution in [-0.2, 0) is 13.0 Å². The first-order valence-corrected chi connectivity index (χ1v) is 11.9. The predicted octanol–water partition coefficient (Wildman–Crippen LogP) is 3.40. The molecule has 0 spiro atoms. The molecule has 2 aliphatic rings. The number of amides is 3. The molecule has 1 saturated carbocycles. The quantitative estimate of drug-likeness (QED) is 0.446. The fourth-order valence-corrected chi connectivity index (χ4v) is 4.85. The van der Waals surface area contributed by atoms with E-state index >= 15 is 0 Å². The summed E-state index contributed by atoms with van der Waals surface area (Å²) in [5.41, 5.74) is 0.473. The first-order chi connectivity index (χ1) is 20.0. The van der Waals surface area contributed by atoms with Gasteiger partial charge in [-0.15, -0.1) is 0 Å². The van der Waals surface area contributed by atoms with E-state index in [2.05, 4.69) is 25.8 Å². The lowest BCUT2D eigenvalue weighted by Gasteiger charge is -2.33. The first kappa shape index (κ1) is 20.3. The van der Waals surface area contributed by atoms with Crippen molar-refractivity contribution < 1.29 is 34.0 Å². The second-order valence-electron chi connectivity index (χ2n) is 9.59. The third kappa shape index (κ3) is 5.43. The first-order valence-electron chi connectivity index (χ1n) is 14.4. The number of aryl methyl sites for hydroxylation is 1. The van der Waals surface area contributed by atoms with Crippen LogP contribution in [0.25, 0.3) is 5.65 Å². The summed E-state index contributed by atoms with van der Waals surface area (Å²) in [4.78, 5) is 30.9. The van der Waals surface area contributed by atoms with Crippen molar-refractivity contribution in [3.63, 3.8) is 0 Å². The van der Waals surface area contributed by atoms with Gasteiger partial charge in [0.2, 0.25) is 5.92 Å². The fraction of sp³-hybridized carbons (Fsp3) is 0.542. The zero-order valence-electron chi connectivity index (χ0n) is 25.0. The lowest BCUT2D eigenvalue weighted by Crippen LogP contribution is -2.56. The van der Waals surface area contributed by atoms with Gasteiger partial charge in [0.05, 0.1) is 40.0 Å². The Balaban J connectivity index is 1.44. The van der Waals surface area contributed by atoms with Gasteiger partial charge < -0.3 is 15.5 Å². The third-order valence-corrected chi connectivity index (χ3v) is 6.80. The number of alkyl halides is 4. The number of urea groups is 1. The van der Waals surface area contributed by atoms with Crippen molar-refractivity contribution in [3.8, 4) is 0 Å². The van der Waals surface area contributed by atoms with Gasteiger partial charge >= 0.3 is 6.03 Å². The van der Waals surface area contributed by atoms with E-state index in [4.69, 9.17) is 6.85 Å². The molecule has 1 atom stereocenters. The Morgan fingerprint density at radius 1 is 1.29 bits per heavy atom. The Hall–Kier alpha value is -3.71. The number of aromatic nitrogens is 5.